The van der Waals surface area contributed by atoms with Crippen LogP contribution in [-0.4, -0.2) is 38.1 Å². The number of rotatable bonds is 4. The van der Waals surface area contributed by atoms with Crippen molar-refractivity contribution < 1.29 is 14.3 Å². The normalized spacial score (nSPS) is 10.1. The lowest BCUT2D eigenvalue weighted by Gasteiger charge is -2.19. The fourth-order valence-corrected chi connectivity index (χ4v) is 2.37. The highest BCUT2D eigenvalue weighted by molar-refractivity contribution is 6.34. The fourth-order valence-electron chi connectivity index (χ4n) is 2.02. The van der Waals surface area contributed by atoms with Gasteiger partial charge in [-0.3, -0.25) is 9.78 Å². The molecule has 0 aliphatic carbocycles. The van der Waals surface area contributed by atoms with Crippen molar-refractivity contribution in [2.24, 2.45) is 0 Å². The minimum atomic E-state index is -0.505. The average Bonchev–Trinajstić information content (AvgIpc) is 2.54. The number of halogens is 1. The molecule has 1 heterocycles. The fraction of sp³-hybridized carbons (Fsp3) is 0.188. The molecule has 0 aliphatic rings. The number of aromatic nitrogens is 1. The van der Waals surface area contributed by atoms with Gasteiger partial charge in [0.15, 0.2) is 0 Å². The summed E-state index contributed by atoms with van der Waals surface area (Å²) in [6.07, 6.45) is 1.30. The topological polar surface area (TPSA) is 71.5 Å². The highest BCUT2D eigenvalue weighted by atomic mass is 35.5. The Bertz CT molecular complexity index is 730. The van der Waals surface area contributed by atoms with E-state index in [1.807, 2.05) is 19.0 Å². The standard InChI is InChI=1S/C16H16ClN3O3/c1-20(2)14-11(17)5-4-6-12(14)19-15(21)13-8-7-10(9-18-13)16(22)23-3/h4-9H,1-3H3,(H,19,21). The third-order valence-corrected chi connectivity index (χ3v) is 3.40. The third kappa shape index (κ3) is 3.78. The number of amides is 1. The number of pyridine rings is 1. The van der Waals surface area contributed by atoms with Crippen molar-refractivity contribution in [1.82, 2.24) is 4.98 Å². The Hall–Kier alpha value is -2.60. The minimum Gasteiger partial charge on any atom is -0.465 e. The zero-order valence-corrected chi connectivity index (χ0v) is 13.7. The summed E-state index contributed by atoms with van der Waals surface area (Å²) >= 11 is 6.17. The first-order valence-corrected chi connectivity index (χ1v) is 7.13. The van der Waals surface area contributed by atoms with Crippen LogP contribution in [0.4, 0.5) is 11.4 Å². The number of nitrogens with one attached hydrogen (secondary N) is 1. The molecule has 6 nitrogen and oxygen atoms in total. The summed E-state index contributed by atoms with van der Waals surface area (Å²) in [5, 5.41) is 3.30. The molecule has 7 heteroatoms. The smallest absolute Gasteiger partial charge is 0.339 e. The van der Waals surface area contributed by atoms with Gasteiger partial charge in [0.25, 0.3) is 5.91 Å². The van der Waals surface area contributed by atoms with Crippen molar-refractivity contribution in [3.8, 4) is 0 Å². The molecular weight excluding hydrogens is 318 g/mol. The summed E-state index contributed by atoms with van der Waals surface area (Å²) in [6.45, 7) is 0. The Balaban J connectivity index is 2.23. The van der Waals surface area contributed by atoms with Crippen molar-refractivity contribution in [3.05, 3.63) is 52.8 Å². The molecule has 1 amide bonds. The van der Waals surface area contributed by atoms with Crippen LogP contribution in [0, 0.1) is 0 Å². The molecular formula is C16H16ClN3O3. The van der Waals surface area contributed by atoms with E-state index in [2.05, 4.69) is 15.0 Å². The van der Waals surface area contributed by atoms with E-state index in [0.29, 0.717) is 16.4 Å². The number of ether oxygens (including phenoxy) is 1. The van der Waals surface area contributed by atoms with E-state index in [1.54, 1.807) is 18.2 Å². The van der Waals surface area contributed by atoms with Gasteiger partial charge in [0.1, 0.15) is 5.69 Å². The van der Waals surface area contributed by atoms with Crippen molar-refractivity contribution in [2.75, 3.05) is 31.4 Å². The molecule has 1 N–H and O–H groups in total. The van der Waals surface area contributed by atoms with Gasteiger partial charge in [0, 0.05) is 20.3 Å². The number of methoxy groups -OCH3 is 1. The number of carbonyl (C=O) groups excluding carboxylic acids is 2. The largest absolute Gasteiger partial charge is 0.465 e. The Kier molecular flexibility index (Phi) is 5.18. The molecule has 2 aromatic rings. The summed E-state index contributed by atoms with van der Waals surface area (Å²) in [6, 6.07) is 8.19. The van der Waals surface area contributed by atoms with Crippen molar-refractivity contribution >= 4 is 34.9 Å². The first-order chi connectivity index (χ1) is 10.9. The van der Waals surface area contributed by atoms with Crippen LogP contribution in [0.25, 0.3) is 0 Å². The van der Waals surface area contributed by atoms with Crippen LogP contribution in [0.2, 0.25) is 5.02 Å². The van der Waals surface area contributed by atoms with E-state index in [1.165, 1.54) is 25.4 Å². The third-order valence-electron chi connectivity index (χ3n) is 3.10. The lowest BCUT2D eigenvalue weighted by Crippen LogP contribution is -2.18. The molecule has 0 unspecified atom stereocenters. The van der Waals surface area contributed by atoms with E-state index in [9.17, 15) is 9.59 Å². The summed E-state index contributed by atoms with van der Waals surface area (Å²) in [4.78, 5) is 29.5. The lowest BCUT2D eigenvalue weighted by molar-refractivity contribution is 0.0600. The van der Waals surface area contributed by atoms with Crippen LogP contribution >= 0.6 is 11.6 Å². The predicted octanol–water partition coefficient (Wildman–Crippen LogP) is 2.84. The zero-order valence-electron chi connectivity index (χ0n) is 13.0. The maximum atomic E-state index is 12.3. The number of hydrogen-bond acceptors (Lipinski definition) is 5. The van der Waals surface area contributed by atoms with Gasteiger partial charge in [-0.25, -0.2) is 4.79 Å². The second-order valence-corrected chi connectivity index (χ2v) is 5.32. The van der Waals surface area contributed by atoms with Gasteiger partial charge in [-0.05, 0) is 24.3 Å². The Labute approximate surface area is 139 Å². The van der Waals surface area contributed by atoms with Gasteiger partial charge in [-0.1, -0.05) is 17.7 Å². The van der Waals surface area contributed by atoms with Crippen LogP contribution in [0.5, 0.6) is 0 Å². The summed E-state index contributed by atoms with van der Waals surface area (Å²) in [5.41, 5.74) is 1.74. The number of hydrogen-bond donors (Lipinski definition) is 1. The lowest BCUT2D eigenvalue weighted by atomic mass is 10.2. The number of benzene rings is 1. The van der Waals surface area contributed by atoms with Crippen LogP contribution in [0.3, 0.4) is 0 Å². The van der Waals surface area contributed by atoms with Crippen LogP contribution in [-0.2, 0) is 4.74 Å². The van der Waals surface area contributed by atoms with E-state index in [-0.39, 0.29) is 11.3 Å². The molecule has 2 rings (SSSR count). The highest BCUT2D eigenvalue weighted by Gasteiger charge is 2.14. The number of esters is 1. The SMILES string of the molecule is COC(=O)c1ccc(C(=O)Nc2cccc(Cl)c2N(C)C)nc1. The van der Waals surface area contributed by atoms with Crippen molar-refractivity contribution in [1.29, 1.82) is 0 Å². The molecule has 0 aliphatic heterocycles. The minimum absolute atomic E-state index is 0.183. The Morgan fingerprint density at radius 1 is 1.22 bits per heavy atom. The predicted molar refractivity (Wildman–Crippen MR) is 89.3 cm³/mol. The molecule has 0 bridgehead atoms. The van der Waals surface area contributed by atoms with E-state index >= 15 is 0 Å². The van der Waals surface area contributed by atoms with E-state index in [0.717, 1.165) is 0 Å². The molecule has 0 saturated carbocycles. The number of carbonyl (C=O) groups is 2. The second-order valence-electron chi connectivity index (χ2n) is 4.91. The van der Waals surface area contributed by atoms with Gasteiger partial charge < -0.3 is 15.0 Å². The number of nitrogens with zero attached hydrogens (tertiary/aromatic N) is 2. The molecule has 0 radical (unpaired) electrons. The Morgan fingerprint density at radius 3 is 2.52 bits per heavy atom. The Morgan fingerprint density at radius 2 is 1.96 bits per heavy atom. The quantitative estimate of drug-likeness (QED) is 0.871. The highest BCUT2D eigenvalue weighted by Crippen LogP contribution is 2.32. The van der Waals surface area contributed by atoms with Gasteiger partial charge in [0.05, 0.1) is 29.1 Å². The molecule has 23 heavy (non-hydrogen) atoms. The van der Waals surface area contributed by atoms with Crippen LogP contribution in [0.15, 0.2) is 36.5 Å². The molecule has 120 valence electrons. The van der Waals surface area contributed by atoms with Gasteiger partial charge >= 0.3 is 5.97 Å². The van der Waals surface area contributed by atoms with Gasteiger partial charge in [-0.15, -0.1) is 0 Å². The molecule has 0 fully saturated rings. The first-order valence-electron chi connectivity index (χ1n) is 6.75. The summed E-state index contributed by atoms with van der Waals surface area (Å²) in [5.74, 6) is -0.902. The maximum absolute atomic E-state index is 12.3. The monoisotopic (exact) mass is 333 g/mol. The van der Waals surface area contributed by atoms with Crippen LogP contribution < -0.4 is 10.2 Å². The van der Waals surface area contributed by atoms with Gasteiger partial charge in [-0.2, -0.15) is 0 Å². The zero-order chi connectivity index (χ0) is 17.0. The average molecular weight is 334 g/mol. The molecule has 0 atom stereocenters. The molecule has 0 spiro atoms. The van der Waals surface area contributed by atoms with Crippen molar-refractivity contribution in [3.63, 3.8) is 0 Å². The second kappa shape index (κ2) is 7.11. The molecule has 1 aromatic heterocycles. The van der Waals surface area contributed by atoms with Crippen LogP contribution in [0.1, 0.15) is 20.8 Å². The number of anilines is 2. The van der Waals surface area contributed by atoms with E-state index < -0.39 is 11.9 Å². The maximum Gasteiger partial charge on any atom is 0.339 e. The summed E-state index contributed by atoms with van der Waals surface area (Å²) < 4.78 is 4.59. The first kappa shape index (κ1) is 16.8. The van der Waals surface area contributed by atoms with Gasteiger partial charge in [0.2, 0.25) is 0 Å². The molecule has 0 saturated heterocycles. The number of para-hydroxylation sites is 1. The summed E-state index contributed by atoms with van der Waals surface area (Å²) in [7, 11) is 4.95. The van der Waals surface area contributed by atoms with Crippen molar-refractivity contribution in [2.45, 2.75) is 0 Å². The van der Waals surface area contributed by atoms with E-state index in [4.69, 9.17) is 11.6 Å². The molecule has 1 aromatic carbocycles.